The molecule has 36 heavy (non-hydrogen) atoms. The zero-order valence-electron chi connectivity index (χ0n) is 21.5. The lowest BCUT2D eigenvalue weighted by atomic mass is 9.40. The van der Waals surface area contributed by atoms with Crippen molar-refractivity contribution in [2.45, 2.75) is 109 Å². The quantitative estimate of drug-likeness (QED) is 0.423. The Morgan fingerprint density at radius 1 is 1.03 bits per heavy atom. The van der Waals surface area contributed by atoms with Crippen molar-refractivity contribution in [3.63, 3.8) is 0 Å². The van der Waals surface area contributed by atoms with Gasteiger partial charge in [-0.2, -0.15) is 0 Å². The van der Waals surface area contributed by atoms with Gasteiger partial charge in [-0.25, -0.2) is 0 Å². The lowest BCUT2D eigenvalue weighted by Gasteiger charge is -2.69. The molecule has 13 atom stereocenters. The number of esters is 2. The van der Waals surface area contributed by atoms with Crippen LogP contribution in [0.15, 0.2) is 0 Å². The van der Waals surface area contributed by atoms with E-state index in [1.54, 1.807) is 13.8 Å². The van der Waals surface area contributed by atoms with E-state index in [9.17, 15) is 19.8 Å². The minimum Gasteiger partial charge on any atom is -0.462 e. The van der Waals surface area contributed by atoms with Crippen LogP contribution in [0.2, 0.25) is 0 Å². The van der Waals surface area contributed by atoms with E-state index in [1.165, 1.54) is 6.92 Å². The highest BCUT2D eigenvalue weighted by atomic mass is 16.7. The first-order valence-electron chi connectivity index (χ1n) is 13.3. The molecular formula is C26H38O10. The van der Waals surface area contributed by atoms with Gasteiger partial charge in [0.2, 0.25) is 6.29 Å². The summed E-state index contributed by atoms with van der Waals surface area (Å²) in [5.41, 5.74) is -2.58. The van der Waals surface area contributed by atoms with Crippen LogP contribution >= 0.6 is 0 Å². The molecule has 2 aliphatic carbocycles. The first kappa shape index (κ1) is 25.0. The normalized spacial score (nSPS) is 54.9. The zero-order chi connectivity index (χ0) is 25.8. The second-order valence-electron chi connectivity index (χ2n) is 12.4. The van der Waals surface area contributed by atoms with Crippen LogP contribution in [-0.4, -0.2) is 77.6 Å². The van der Waals surface area contributed by atoms with Crippen LogP contribution in [0.5, 0.6) is 0 Å². The Morgan fingerprint density at radius 3 is 2.36 bits per heavy atom. The lowest BCUT2D eigenvalue weighted by molar-refractivity contribution is -0.397. The Morgan fingerprint density at radius 2 is 1.75 bits per heavy atom. The summed E-state index contributed by atoms with van der Waals surface area (Å²) >= 11 is 0. The van der Waals surface area contributed by atoms with Gasteiger partial charge in [0, 0.05) is 24.7 Å². The summed E-state index contributed by atoms with van der Waals surface area (Å²) in [6.45, 7) is 9.50. The third-order valence-electron chi connectivity index (χ3n) is 10.4. The second kappa shape index (κ2) is 8.10. The molecule has 7 fully saturated rings. The Bertz CT molecular complexity index is 920. The zero-order valence-corrected chi connectivity index (χ0v) is 21.5. The summed E-state index contributed by atoms with van der Waals surface area (Å²) in [5.74, 6) is -1.26. The fraction of sp³-hybridized carbons (Fsp3) is 0.923. The number of carbonyl (C=O) groups excluding carboxylic acids is 2. The molecule has 2 bridgehead atoms. The molecule has 5 saturated heterocycles. The molecule has 2 spiro atoms. The van der Waals surface area contributed by atoms with Crippen molar-refractivity contribution in [1.82, 2.24) is 0 Å². The fourth-order valence-electron chi connectivity index (χ4n) is 8.39. The van der Waals surface area contributed by atoms with Crippen LogP contribution in [0.25, 0.3) is 0 Å². The summed E-state index contributed by atoms with van der Waals surface area (Å²) in [6, 6.07) is 0. The van der Waals surface area contributed by atoms with Gasteiger partial charge < -0.3 is 38.6 Å². The van der Waals surface area contributed by atoms with Crippen LogP contribution in [0.3, 0.4) is 0 Å². The molecule has 10 heteroatoms. The lowest BCUT2D eigenvalue weighted by Crippen LogP contribution is -2.80. The van der Waals surface area contributed by atoms with Crippen molar-refractivity contribution in [3.05, 3.63) is 0 Å². The molecule has 202 valence electrons. The molecule has 0 aromatic rings. The Kier molecular flexibility index (Phi) is 5.63. The van der Waals surface area contributed by atoms with E-state index in [1.807, 2.05) is 0 Å². The first-order chi connectivity index (χ1) is 16.9. The molecule has 0 aromatic heterocycles. The average molecular weight is 511 g/mol. The number of carbonyl (C=O) groups is 2. The monoisotopic (exact) mass is 510 g/mol. The van der Waals surface area contributed by atoms with Crippen LogP contribution in [0, 0.1) is 34.5 Å². The minimum absolute atomic E-state index is 0.0694. The summed E-state index contributed by atoms with van der Waals surface area (Å²) < 4.78 is 36.5. The fourth-order valence-corrected chi connectivity index (χ4v) is 8.39. The van der Waals surface area contributed by atoms with Crippen LogP contribution in [0.4, 0.5) is 0 Å². The predicted molar refractivity (Wildman–Crippen MR) is 121 cm³/mol. The number of rotatable bonds is 4. The van der Waals surface area contributed by atoms with Crippen molar-refractivity contribution in [1.29, 1.82) is 0 Å². The van der Waals surface area contributed by atoms with Crippen molar-refractivity contribution in [2.75, 3.05) is 6.61 Å². The van der Waals surface area contributed by atoms with E-state index in [0.29, 0.717) is 19.3 Å². The van der Waals surface area contributed by atoms with Gasteiger partial charge in [0.15, 0.2) is 12.6 Å². The molecule has 0 aromatic carbocycles. The molecule has 5 heterocycles. The molecule has 5 aliphatic heterocycles. The Balaban J connectivity index is 1.46. The van der Waals surface area contributed by atoms with Gasteiger partial charge in [0.05, 0.1) is 24.7 Å². The third kappa shape index (κ3) is 3.12. The van der Waals surface area contributed by atoms with Gasteiger partial charge in [-0.3, -0.25) is 9.59 Å². The maximum Gasteiger partial charge on any atom is 0.310 e. The maximum atomic E-state index is 12.9. The molecule has 0 amide bonds. The molecule has 7 rings (SSSR count). The molecule has 2 saturated carbocycles. The largest absolute Gasteiger partial charge is 0.462 e. The summed E-state index contributed by atoms with van der Waals surface area (Å²) in [4.78, 5) is 25.2. The number of hydrogen-bond donors (Lipinski definition) is 2. The smallest absolute Gasteiger partial charge is 0.310 e. The van der Waals surface area contributed by atoms with Crippen LogP contribution < -0.4 is 0 Å². The van der Waals surface area contributed by atoms with Gasteiger partial charge in [0.25, 0.3) is 0 Å². The van der Waals surface area contributed by atoms with E-state index in [0.717, 1.165) is 6.42 Å². The van der Waals surface area contributed by atoms with E-state index in [-0.39, 0.29) is 36.4 Å². The van der Waals surface area contributed by atoms with Crippen LogP contribution in [-0.2, 0) is 38.0 Å². The standard InChI is InChI=1S/C26H38O10/c1-11(2)21(30)36-23-26-16(9-15(33-23)20(29)25(26)10-31-25)24(5,12(3)6-18(26)32-13(4)27)17-7-14-8-19(28)35-22(14)34-17/h11-12,14-20,22-23,28-29H,6-10H2,1-5H3/t12-,14+,15-,16-,17+,18+,19-,20+,22-,23-,24+,25-,26+/m1/s1. The highest BCUT2D eigenvalue weighted by Gasteiger charge is 2.86. The van der Waals surface area contributed by atoms with Gasteiger partial charge in [0.1, 0.15) is 23.2 Å². The highest BCUT2D eigenvalue weighted by Crippen LogP contribution is 2.74. The van der Waals surface area contributed by atoms with E-state index >= 15 is 0 Å². The third-order valence-corrected chi connectivity index (χ3v) is 10.4. The SMILES string of the molecule is CC(=O)O[C@H]1C[C@@H](C)[C@](C)([C@@H]2C[C@H]3C[C@H](O)O[C@H]3O2)[C@H]2C[C@H]3O[C@H](OC(=O)C(C)C)[C@@]12[C@@]1(CO1)[C@H]3O. The number of aliphatic hydroxyl groups excluding tert-OH is 2. The molecule has 0 unspecified atom stereocenters. The number of fused-ring (bicyclic) bond motifs is 2. The van der Waals surface area contributed by atoms with Gasteiger partial charge in [-0.15, -0.1) is 0 Å². The molecular weight excluding hydrogens is 472 g/mol. The molecule has 10 nitrogen and oxygen atoms in total. The number of hydrogen-bond acceptors (Lipinski definition) is 10. The summed E-state index contributed by atoms with van der Waals surface area (Å²) in [7, 11) is 0. The molecule has 7 aliphatic rings. The van der Waals surface area contributed by atoms with Crippen molar-refractivity contribution in [2.24, 2.45) is 34.5 Å². The number of aliphatic hydroxyl groups is 2. The second-order valence-corrected chi connectivity index (χ2v) is 12.4. The Hall–Kier alpha value is -1.30. The molecule has 2 N–H and O–H groups in total. The predicted octanol–water partition coefficient (Wildman–Crippen LogP) is 1.49. The van der Waals surface area contributed by atoms with Gasteiger partial charge in [-0.05, 0) is 31.1 Å². The van der Waals surface area contributed by atoms with E-state index in [2.05, 4.69) is 13.8 Å². The van der Waals surface area contributed by atoms with Gasteiger partial charge >= 0.3 is 11.9 Å². The summed E-state index contributed by atoms with van der Waals surface area (Å²) in [6.07, 6.45) is -2.45. The number of ether oxygens (including phenoxy) is 6. The van der Waals surface area contributed by atoms with E-state index in [4.69, 9.17) is 28.4 Å². The highest BCUT2D eigenvalue weighted by molar-refractivity contribution is 5.72. The summed E-state index contributed by atoms with van der Waals surface area (Å²) in [5, 5.41) is 21.3. The van der Waals surface area contributed by atoms with Crippen molar-refractivity contribution in [3.8, 4) is 0 Å². The average Bonchev–Trinajstić information content (AvgIpc) is 3.38. The Labute approximate surface area is 210 Å². The van der Waals surface area contributed by atoms with E-state index < -0.39 is 65.6 Å². The minimum atomic E-state index is -1.10. The maximum absolute atomic E-state index is 12.9. The van der Waals surface area contributed by atoms with Crippen molar-refractivity contribution >= 4 is 11.9 Å². The van der Waals surface area contributed by atoms with Gasteiger partial charge in [-0.1, -0.05) is 27.7 Å². The first-order valence-corrected chi connectivity index (χ1v) is 13.3. The van der Waals surface area contributed by atoms with Crippen LogP contribution in [0.1, 0.15) is 60.3 Å². The topological polar surface area (TPSA) is 133 Å². The number of epoxide rings is 1. The molecule has 0 radical (unpaired) electrons. The van der Waals surface area contributed by atoms with Crippen molar-refractivity contribution < 1.29 is 48.2 Å².